The molecule has 0 radical (unpaired) electrons. The molecule has 0 unspecified atom stereocenters. The molecule has 2 aliphatic rings. The summed E-state index contributed by atoms with van der Waals surface area (Å²) in [6, 6.07) is 12.8. The first kappa shape index (κ1) is 27.1. The number of nitrogens with zero attached hydrogens (tertiary/aromatic N) is 1. The van der Waals surface area contributed by atoms with Gasteiger partial charge >= 0.3 is 12.0 Å². The number of benzene rings is 2. The Morgan fingerprint density at radius 1 is 1.03 bits per heavy atom. The van der Waals surface area contributed by atoms with Crippen LogP contribution < -0.4 is 10.6 Å². The molecule has 1 aliphatic heterocycles. The van der Waals surface area contributed by atoms with Crippen LogP contribution in [0.5, 0.6) is 0 Å². The number of nitrogens with one attached hydrogen (secondary N) is 2. The van der Waals surface area contributed by atoms with E-state index in [1.807, 2.05) is 54.3 Å². The van der Waals surface area contributed by atoms with Gasteiger partial charge in [-0.2, -0.15) is 0 Å². The van der Waals surface area contributed by atoms with Gasteiger partial charge in [-0.1, -0.05) is 24.3 Å². The molecule has 0 bridgehead atoms. The molecule has 198 valence electrons. The fourth-order valence-electron chi connectivity index (χ4n) is 5.15. The van der Waals surface area contributed by atoms with Crippen molar-refractivity contribution in [1.82, 2.24) is 4.90 Å². The molecule has 8 nitrogen and oxygen atoms in total. The number of halogens is 1. The van der Waals surface area contributed by atoms with Gasteiger partial charge in [0.25, 0.3) is 0 Å². The summed E-state index contributed by atoms with van der Waals surface area (Å²) < 4.78 is 6.91. The maximum absolute atomic E-state index is 13.1. The Labute approximate surface area is 225 Å². The number of hydrogen-bond acceptors (Lipinski definition) is 4. The standard InChI is InChI=1S/C28H34BrN3O5/c1-18-15-19(8-13-24(18)30-28(36)31-25-7-3-2-6-23(25)29)16-26(33)32-14-4-5-21(32)17-37-22-11-9-20(10-12-22)27(34)35/h2-3,6-8,13,15,20-22H,4-5,9-12,14,16-17H2,1H3,(H,34,35)(H2,30,31,36)/t20?,21-,22?/m0/s1. The molecule has 1 aliphatic carbocycles. The van der Waals surface area contributed by atoms with E-state index in [2.05, 4.69) is 26.6 Å². The summed E-state index contributed by atoms with van der Waals surface area (Å²) in [6.45, 7) is 3.14. The molecule has 3 N–H and O–H groups in total. The number of carboxylic acid groups (broad SMARTS) is 1. The maximum Gasteiger partial charge on any atom is 0.323 e. The van der Waals surface area contributed by atoms with E-state index >= 15 is 0 Å². The number of carbonyl (C=O) groups is 3. The van der Waals surface area contributed by atoms with Crippen molar-refractivity contribution in [3.8, 4) is 0 Å². The van der Waals surface area contributed by atoms with E-state index in [9.17, 15) is 19.5 Å². The van der Waals surface area contributed by atoms with E-state index in [4.69, 9.17) is 4.74 Å². The van der Waals surface area contributed by atoms with Crippen molar-refractivity contribution in [2.45, 2.75) is 64.0 Å². The molecule has 9 heteroatoms. The first-order chi connectivity index (χ1) is 17.8. The van der Waals surface area contributed by atoms with Gasteiger partial charge in [-0.3, -0.25) is 9.59 Å². The quantitative estimate of drug-likeness (QED) is 0.382. The summed E-state index contributed by atoms with van der Waals surface area (Å²) in [6.07, 6.45) is 5.09. The van der Waals surface area contributed by atoms with Gasteiger partial charge in [-0.25, -0.2) is 4.79 Å². The van der Waals surface area contributed by atoms with Crippen LogP contribution >= 0.6 is 15.9 Å². The predicted octanol–water partition coefficient (Wildman–Crippen LogP) is 5.60. The topological polar surface area (TPSA) is 108 Å². The van der Waals surface area contributed by atoms with Gasteiger partial charge < -0.3 is 25.4 Å². The van der Waals surface area contributed by atoms with Gasteiger partial charge in [0.1, 0.15) is 0 Å². The van der Waals surface area contributed by atoms with Crippen molar-refractivity contribution >= 4 is 45.2 Å². The number of amides is 3. The predicted molar refractivity (Wildman–Crippen MR) is 146 cm³/mol. The van der Waals surface area contributed by atoms with Crippen molar-refractivity contribution < 1.29 is 24.2 Å². The van der Waals surface area contributed by atoms with Crippen LogP contribution in [0.4, 0.5) is 16.2 Å². The Morgan fingerprint density at radius 2 is 1.76 bits per heavy atom. The number of aryl methyl sites for hydroxylation is 1. The van der Waals surface area contributed by atoms with E-state index in [1.54, 1.807) is 0 Å². The summed E-state index contributed by atoms with van der Waals surface area (Å²) >= 11 is 3.42. The lowest BCUT2D eigenvalue weighted by molar-refractivity contribution is -0.144. The van der Waals surface area contributed by atoms with Crippen LogP contribution in [0, 0.1) is 12.8 Å². The highest BCUT2D eigenvalue weighted by Gasteiger charge is 2.31. The van der Waals surface area contributed by atoms with Gasteiger partial charge in [0.15, 0.2) is 0 Å². The van der Waals surface area contributed by atoms with Crippen LogP contribution in [-0.2, 0) is 20.7 Å². The monoisotopic (exact) mass is 571 g/mol. The molecule has 2 fully saturated rings. The lowest BCUT2D eigenvalue weighted by Gasteiger charge is -2.30. The van der Waals surface area contributed by atoms with E-state index < -0.39 is 5.97 Å². The number of hydrogen-bond donors (Lipinski definition) is 3. The van der Waals surface area contributed by atoms with Crippen LogP contribution in [0.3, 0.4) is 0 Å². The van der Waals surface area contributed by atoms with Crippen LogP contribution in [0.25, 0.3) is 0 Å². The van der Waals surface area contributed by atoms with Gasteiger partial charge in [0, 0.05) is 16.7 Å². The number of carbonyl (C=O) groups excluding carboxylic acids is 2. The normalized spacial score (nSPS) is 21.5. The molecule has 4 rings (SSSR count). The number of anilines is 2. The van der Waals surface area contributed by atoms with Crippen LogP contribution in [-0.4, -0.2) is 53.2 Å². The Bertz CT molecular complexity index is 1130. The van der Waals surface area contributed by atoms with Crippen molar-refractivity contribution in [2.24, 2.45) is 5.92 Å². The first-order valence-corrected chi connectivity index (χ1v) is 13.7. The summed E-state index contributed by atoms with van der Waals surface area (Å²) in [7, 11) is 0. The molecule has 3 amide bonds. The number of urea groups is 1. The van der Waals surface area contributed by atoms with Crippen molar-refractivity contribution in [3.05, 3.63) is 58.1 Å². The minimum absolute atomic E-state index is 0.0627. The van der Waals surface area contributed by atoms with Crippen molar-refractivity contribution in [1.29, 1.82) is 0 Å². The Balaban J connectivity index is 1.27. The molecule has 0 aromatic heterocycles. The van der Waals surface area contributed by atoms with Crippen LogP contribution in [0.15, 0.2) is 46.9 Å². The Kier molecular flexibility index (Phi) is 9.21. The molecule has 1 saturated heterocycles. The molecule has 37 heavy (non-hydrogen) atoms. The average molecular weight is 573 g/mol. The van der Waals surface area contributed by atoms with Crippen LogP contribution in [0.2, 0.25) is 0 Å². The highest BCUT2D eigenvalue weighted by atomic mass is 79.9. The molecular formula is C28H34BrN3O5. The molecule has 1 heterocycles. The highest BCUT2D eigenvalue weighted by molar-refractivity contribution is 9.10. The lowest BCUT2D eigenvalue weighted by Crippen LogP contribution is -2.40. The van der Waals surface area contributed by atoms with Gasteiger partial charge in [-0.05, 0) is 90.7 Å². The SMILES string of the molecule is Cc1cc(CC(=O)N2CCC[C@H]2COC2CCC(C(=O)O)CC2)ccc1NC(=O)Nc1ccccc1Br. The third-order valence-corrected chi connectivity index (χ3v) is 7.95. The maximum atomic E-state index is 13.1. The molecule has 2 aromatic rings. The first-order valence-electron chi connectivity index (χ1n) is 12.9. The summed E-state index contributed by atoms with van der Waals surface area (Å²) in [5.41, 5.74) is 3.14. The minimum Gasteiger partial charge on any atom is -0.481 e. The van der Waals surface area contributed by atoms with Gasteiger partial charge in [0.05, 0.1) is 36.8 Å². The largest absolute Gasteiger partial charge is 0.481 e. The molecule has 0 spiro atoms. The molecule has 2 aromatic carbocycles. The van der Waals surface area contributed by atoms with Crippen molar-refractivity contribution in [2.75, 3.05) is 23.8 Å². The fraction of sp³-hybridized carbons (Fsp3) is 0.464. The third kappa shape index (κ3) is 7.32. The summed E-state index contributed by atoms with van der Waals surface area (Å²) in [5, 5.41) is 14.9. The third-order valence-electron chi connectivity index (χ3n) is 7.26. The second-order valence-corrected chi connectivity index (χ2v) is 10.8. The number of aliphatic carboxylic acids is 1. The summed E-state index contributed by atoms with van der Waals surface area (Å²) in [4.78, 5) is 38.6. The number of ether oxygens (including phenoxy) is 1. The van der Waals surface area contributed by atoms with E-state index in [0.717, 1.165) is 47.8 Å². The van der Waals surface area contributed by atoms with E-state index in [-0.39, 0.29) is 30.0 Å². The zero-order chi connectivity index (χ0) is 26.4. The smallest absolute Gasteiger partial charge is 0.323 e. The second-order valence-electron chi connectivity index (χ2n) is 9.91. The zero-order valence-electron chi connectivity index (χ0n) is 21.0. The molecular weight excluding hydrogens is 538 g/mol. The molecule has 1 saturated carbocycles. The van der Waals surface area contributed by atoms with E-state index in [1.165, 1.54) is 0 Å². The Morgan fingerprint density at radius 3 is 2.46 bits per heavy atom. The number of likely N-dealkylation sites (tertiary alicyclic amines) is 1. The van der Waals surface area contributed by atoms with Crippen LogP contribution in [0.1, 0.15) is 49.7 Å². The fourth-order valence-corrected chi connectivity index (χ4v) is 5.54. The zero-order valence-corrected chi connectivity index (χ0v) is 22.6. The van der Waals surface area contributed by atoms with E-state index in [0.29, 0.717) is 37.2 Å². The van der Waals surface area contributed by atoms with Gasteiger partial charge in [-0.15, -0.1) is 0 Å². The van der Waals surface area contributed by atoms with Crippen molar-refractivity contribution in [3.63, 3.8) is 0 Å². The molecule has 1 atom stereocenters. The highest BCUT2D eigenvalue weighted by Crippen LogP contribution is 2.28. The number of rotatable bonds is 8. The number of para-hydroxylation sites is 1. The lowest BCUT2D eigenvalue weighted by atomic mass is 9.87. The van der Waals surface area contributed by atoms with Gasteiger partial charge in [0.2, 0.25) is 5.91 Å². The minimum atomic E-state index is -0.714. The summed E-state index contributed by atoms with van der Waals surface area (Å²) in [5.74, 6) is -0.893. The average Bonchev–Trinajstić information content (AvgIpc) is 3.35. The second kappa shape index (κ2) is 12.6. The Hall–Kier alpha value is -2.91. The number of carboxylic acids is 1.